The summed E-state index contributed by atoms with van der Waals surface area (Å²) in [6, 6.07) is 7.76. The molecule has 2 aromatic rings. The quantitative estimate of drug-likeness (QED) is 0.611. The molecule has 1 aromatic carbocycles. The molecular weight excluding hydrogens is 373 g/mol. The molecule has 0 aliphatic rings. The molecule has 1 N–H and O–H groups in total. The Morgan fingerprint density at radius 1 is 1.19 bits per heavy atom. The molecule has 0 aliphatic heterocycles. The highest BCUT2D eigenvalue weighted by molar-refractivity contribution is 9.10. The molecule has 0 amide bonds. The van der Waals surface area contributed by atoms with E-state index < -0.39 is 0 Å². The first kappa shape index (κ1) is 16.9. The lowest BCUT2D eigenvalue weighted by atomic mass is 10.1. The number of furan rings is 1. The third-order valence-corrected chi connectivity index (χ3v) is 4.33. The molecule has 0 spiro atoms. The van der Waals surface area contributed by atoms with Gasteiger partial charge in [0.15, 0.2) is 0 Å². The molecule has 0 aliphatic carbocycles. The van der Waals surface area contributed by atoms with Crippen LogP contribution >= 0.6 is 39.1 Å². The first-order valence-electron chi connectivity index (χ1n) is 7.04. The van der Waals surface area contributed by atoms with E-state index in [0.717, 1.165) is 35.2 Å². The van der Waals surface area contributed by atoms with Gasteiger partial charge in [-0.2, -0.15) is 0 Å². The lowest BCUT2D eigenvalue weighted by molar-refractivity contribution is 0.411. The van der Waals surface area contributed by atoms with Crippen LogP contribution in [0.3, 0.4) is 0 Å². The van der Waals surface area contributed by atoms with Gasteiger partial charge in [0.25, 0.3) is 0 Å². The minimum atomic E-state index is 0.215. The van der Waals surface area contributed by atoms with Gasteiger partial charge in [-0.25, -0.2) is 0 Å². The Morgan fingerprint density at radius 3 is 2.43 bits per heavy atom. The molecule has 21 heavy (non-hydrogen) atoms. The molecule has 1 unspecified atom stereocenters. The van der Waals surface area contributed by atoms with Crippen LogP contribution in [0.2, 0.25) is 10.0 Å². The summed E-state index contributed by atoms with van der Waals surface area (Å²) in [6.45, 7) is 5.25. The van der Waals surface area contributed by atoms with Gasteiger partial charge in [0.1, 0.15) is 11.5 Å². The van der Waals surface area contributed by atoms with Crippen molar-refractivity contribution in [2.75, 3.05) is 6.54 Å². The van der Waals surface area contributed by atoms with Crippen molar-refractivity contribution in [3.05, 3.63) is 44.5 Å². The SMILES string of the molecule is CCCNC(CC)c1ccc(-c2c(Cl)cc(Br)cc2Cl)o1. The fourth-order valence-electron chi connectivity index (χ4n) is 2.22. The van der Waals surface area contributed by atoms with Crippen LogP contribution < -0.4 is 5.32 Å². The Hall–Kier alpha value is -0.480. The fourth-order valence-corrected chi connectivity index (χ4v) is 3.61. The molecule has 0 radical (unpaired) electrons. The van der Waals surface area contributed by atoms with E-state index in [1.54, 1.807) is 0 Å². The van der Waals surface area contributed by atoms with Gasteiger partial charge in [-0.3, -0.25) is 0 Å². The zero-order valence-corrected chi connectivity index (χ0v) is 15.1. The topological polar surface area (TPSA) is 25.2 Å². The van der Waals surface area contributed by atoms with Crippen LogP contribution in [0.5, 0.6) is 0 Å². The van der Waals surface area contributed by atoms with Gasteiger partial charge < -0.3 is 9.73 Å². The lowest BCUT2D eigenvalue weighted by Gasteiger charge is -2.13. The van der Waals surface area contributed by atoms with Crippen molar-refractivity contribution in [2.24, 2.45) is 0 Å². The molecule has 1 aromatic heterocycles. The van der Waals surface area contributed by atoms with E-state index in [2.05, 4.69) is 35.1 Å². The van der Waals surface area contributed by atoms with Crippen molar-refractivity contribution in [1.29, 1.82) is 0 Å². The minimum absolute atomic E-state index is 0.215. The van der Waals surface area contributed by atoms with E-state index in [1.807, 2.05) is 24.3 Å². The second-order valence-corrected chi connectivity index (χ2v) is 6.59. The van der Waals surface area contributed by atoms with Crippen molar-refractivity contribution in [2.45, 2.75) is 32.7 Å². The van der Waals surface area contributed by atoms with Crippen LogP contribution in [-0.4, -0.2) is 6.54 Å². The summed E-state index contributed by atoms with van der Waals surface area (Å²) < 4.78 is 6.83. The number of hydrogen-bond donors (Lipinski definition) is 1. The van der Waals surface area contributed by atoms with Crippen LogP contribution in [0.1, 0.15) is 38.5 Å². The molecule has 2 rings (SSSR count). The maximum atomic E-state index is 6.29. The standard InChI is InChI=1S/C16H18BrCl2NO/c1-3-7-20-13(4-2)14-5-6-15(21-14)16-11(18)8-10(17)9-12(16)19/h5-6,8-9,13,20H,3-4,7H2,1-2H3. The first-order chi connectivity index (χ1) is 10.1. The van der Waals surface area contributed by atoms with Crippen molar-refractivity contribution in [3.63, 3.8) is 0 Å². The summed E-state index contributed by atoms with van der Waals surface area (Å²) >= 11 is 15.9. The van der Waals surface area contributed by atoms with E-state index in [0.29, 0.717) is 15.8 Å². The lowest BCUT2D eigenvalue weighted by Crippen LogP contribution is -2.20. The monoisotopic (exact) mass is 389 g/mol. The van der Waals surface area contributed by atoms with Gasteiger partial charge in [-0.1, -0.05) is 53.0 Å². The summed E-state index contributed by atoms with van der Waals surface area (Å²) in [4.78, 5) is 0. The highest BCUT2D eigenvalue weighted by atomic mass is 79.9. The maximum Gasteiger partial charge on any atom is 0.137 e. The molecule has 2 nitrogen and oxygen atoms in total. The number of halogens is 3. The minimum Gasteiger partial charge on any atom is -0.459 e. The van der Waals surface area contributed by atoms with Gasteiger partial charge in [0, 0.05) is 4.47 Å². The summed E-state index contributed by atoms with van der Waals surface area (Å²) in [7, 11) is 0. The Morgan fingerprint density at radius 2 is 1.86 bits per heavy atom. The Balaban J connectivity index is 2.31. The molecular formula is C16H18BrCl2NO. The summed E-state index contributed by atoms with van der Waals surface area (Å²) in [5.74, 6) is 1.61. The van der Waals surface area contributed by atoms with Crippen molar-refractivity contribution in [3.8, 4) is 11.3 Å². The van der Waals surface area contributed by atoms with E-state index in [4.69, 9.17) is 27.6 Å². The van der Waals surface area contributed by atoms with E-state index in [9.17, 15) is 0 Å². The third kappa shape index (κ3) is 4.04. The summed E-state index contributed by atoms with van der Waals surface area (Å²) in [5.41, 5.74) is 0.734. The predicted octanol–water partition coefficient (Wildman–Crippen LogP) is 6.47. The average molecular weight is 391 g/mol. The van der Waals surface area contributed by atoms with Gasteiger partial charge in [-0.05, 0) is 43.7 Å². The predicted molar refractivity (Wildman–Crippen MR) is 93.2 cm³/mol. The van der Waals surface area contributed by atoms with Crippen molar-refractivity contribution in [1.82, 2.24) is 5.32 Å². The number of nitrogens with one attached hydrogen (secondary N) is 1. The molecule has 114 valence electrons. The van der Waals surface area contributed by atoms with Crippen LogP contribution in [-0.2, 0) is 0 Å². The zero-order valence-electron chi connectivity index (χ0n) is 12.1. The molecule has 1 heterocycles. The molecule has 5 heteroatoms. The third-order valence-electron chi connectivity index (χ3n) is 3.27. The summed E-state index contributed by atoms with van der Waals surface area (Å²) in [5, 5.41) is 4.62. The van der Waals surface area contributed by atoms with E-state index in [-0.39, 0.29) is 6.04 Å². The van der Waals surface area contributed by atoms with Gasteiger partial charge in [0.05, 0.1) is 21.7 Å². The Labute approximate surface area is 143 Å². The van der Waals surface area contributed by atoms with Crippen LogP contribution in [0.25, 0.3) is 11.3 Å². The molecule has 0 saturated carbocycles. The molecule has 0 bridgehead atoms. The maximum absolute atomic E-state index is 6.29. The number of benzene rings is 1. The van der Waals surface area contributed by atoms with Crippen LogP contribution in [0.15, 0.2) is 33.2 Å². The van der Waals surface area contributed by atoms with Crippen molar-refractivity contribution >= 4 is 39.1 Å². The van der Waals surface area contributed by atoms with E-state index >= 15 is 0 Å². The Bertz CT molecular complexity index is 589. The van der Waals surface area contributed by atoms with Crippen molar-refractivity contribution < 1.29 is 4.42 Å². The van der Waals surface area contributed by atoms with Gasteiger partial charge in [0.2, 0.25) is 0 Å². The smallest absolute Gasteiger partial charge is 0.137 e. The normalized spacial score (nSPS) is 12.6. The second kappa shape index (κ2) is 7.68. The first-order valence-corrected chi connectivity index (χ1v) is 8.59. The molecule has 0 fully saturated rings. The molecule has 0 saturated heterocycles. The zero-order chi connectivity index (χ0) is 15.4. The molecule has 1 atom stereocenters. The van der Waals surface area contributed by atoms with Gasteiger partial charge >= 0.3 is 0 Å². The summed E-state index contributed by atoms with van der Waals surface area (Å²) in [6.07, 6.45) is 2.06. The largest absolute Gasteiger partial charge is 0.459 e. The number of rotatable bonds is 6. The van der Waals surface area contributed by atoms with Gasteiger partial charge in [-0.15, -0.1) is 0 Å². The highest BCUT2D eigenvalue weighted by Crippen LogP contribution is 2.38. The Kier molecular flexibility index (Phi) is 6.18. The second-order valence-electron chi connectivity index (χ2n) is 4.86. The average Bonchev–Trinajstić information content (AvgIpc) is 2.88. The number of hydrogen-bond acceptors (Lipinski definition) is 2. The van der Waals surface area contributed by atoms with Crippen LogP contribution in [0, 0.1) is 0 Å². The van der Waals surface area contributed by atoms with Crippen LogP contribution in [0.4, 0.5) is 0 Å². The highest BCUT2D eigenvalue weighted by Gasteiger charge is 2.17. The fraction of sp³-hybridized carbons (Fsp3) is 0.375. The van der Waals surface area contributed by atoms with E-state index in [1.165, 1.54) is 0 Å².